The third-order valence-corrected chi connectivity index (χ3v) is 5.55. The Labute approximate surface area is 190 Å². The lowest BCUT2D eigenvalue weighted by molar-refractivity contribution is 0.0973. The van der Waals surface area contributed by atoms with Gasteiger partial charge in [0.2, 0.25) is 0 Å². The first-order chi connectivity index (χ1) is 14.9. The smallest absolute Gasteiger partial charge is 0.166 e. The number of nitrogens with zero attached hydrogens (tertiary/aromatic N) is 1. The van der Waals surface area contributed by atoms with E-state index in [2.05, 4.69) is 18.7 Å². The Bertz CT molecular complexity index is 847. The Balaban J connectivity index is 2.10. The molecule has 0 unspecified atom stereocenters. The van der Waals surface area contributed by atoms with Gasteiger partial charge < -0.3 is 24.8 Å². The molecule has 0 aliphatic carbocycles. The predicted molar refractivity (Wildman–Crippen MR) is 126 cm³/mol. The van der Waals surface area contributed by atoms with Crippen LogP contribution in [0.25, 0.3) is 0 Å². The number of unbranched alkanes of at least 4 members (excludes halogenated alkanes) is 1. The Kier molecular flexibility index (Phi) is 9.95. The molecule has 0 aromatic heterocycles. The van der Waals surface area contributed by atoms with Crippen molar-refractivity contribution in [3.63, 3.8) is 0 Å². The second-order valence-electron chi connectivity index (χ2n) is 7.29. The summed E-state index contributed by atoms with van der Waals surface area (Å²) in [5.74, 6) is 1.76. The van der Waals surface area contributed by atoms with E-state index in [0.717, 1.165) is 38.0 Å². The molecule has 2 aromatic rings. The van der Waals surface area contributed by atoms with E-state index in [9.17, 15) is 4.79 Å². The third-order valence-electron chi connectivity index (χ3n) is 5.23. The quantitative estimate of drug-likeness (QED) is 0.257. The zero-order valence-electron chi connectivity index (χ0n) is 18.9. The van der Waals surface area contributed by atoms with Crippen LogP contribution >= 0.6 is 11.6 Å². The standard InChI is InChI=1S/C24H33ClN2O4/c1-5-27(6-2)10-8-7-9-23(28)20-14-21(25)22(26)15-24(20)31-16-17-11-18(29-3)13-19(12-17)30-4/h11-15H,5-10,16,26H2,1-4H3. The summed E-state index contributed by atoms with van der Waals surface area (Å²) >= 11 is 6.19. The van der Waals surface area contributed by atoms with Gasteiger partial charge in [-0.15, -0.1) is 0 Å². The SMILES string of the molecule is CCN(CC)CCCCC(=O)c1cc(Cl)c(N)cc1OCc1cc(OC)cc(OC)c1. The first kappa shape index (κ1) is 24.8. The maximum Gasteiger partial charge on any atom is 0.166 e. The van der Waals surface area contributed by atoms with Crippen molar-refractivity contribution in [3.05, 3.63) is 46.5 Å². The lowest BCUT2D eigenvalue weighted by atomic mass is 10.0. The van der Waals surface area contributed by atoms with Crippen LogP contribution in [-0.4, -0.2) is 44.5 Å². The number of ether oxygens (including phenoxy) is 3. The summed E-state index contributed by atoms with van der Waals surface area (Å²) in [6.45, 7) is 7.55. The van der Waals surface area contributed by atoms with Crippen LogP contribution in [0.2, 0.25) is 5.02 Å². The third kappa shape index (κ3) is 7.33. The van der Waals surface area contributed by atoms with Crippen molar-refractivity contribution in [2.75, 3.05) is 39.6 Å². The van der Waals surface area contributed by atoms with E-state index in [4.69, 9.17) is 31.5 Å². The lowest BCUT2D eigenvalue weighted by Gasteiger charge is -2.17. The van der Waals surface area contributed by atoms with Crippen LogP contribution in [0.4, 0.5) is 5.69 Å². The highest BCUT2D eigenvalue weighted by Crippen LogP contribution is 2.31. The highest BCUT2D eigenvalue weighted by Gasteiger charge is 2.16. The molecule has 31 heavy (non-hydrogen) atoms. The molecule has 0 aliphatic rings. The molecular weight excluding hydrogens is 416 g/mol. The molecule has 0 amide bonds. The average Bonchev–Trinajstić information content (AvgIpc) is 2.79. The van der Waals surface area contributed by atoms with Crippen molar-refractivity contribution < 1.29 is 19.0 Å². The molecule has 170 valence electrons. The molecule has 0 heterocycles. The highest BCUT2D eigenvalue weighted by atomic mass is 35.5. The molecular formula is C24H33ClN2O4. The van der Waals surface area contributed by atoms with Crippen LogP contribution in [-0.2, 0) is 6.61 Å². The van der Waals surface area contributed by atoms with Gasteiger partial charge in [-0.1, -0.05) is 25.4 Å². The van der Waals surface area contributed by atoms with Crippen LogP contribution in [0, 0.1) is 0 Å². The number of hydrogen-bond acceptors (Lipinski definition) is 6. The number of Topliss-reactive ketones (excluding diaryl/α,β-unsaturated/α-hetero) is 1. The number of carbonyl (C=O) groups is 1. The number of hydrogen-bond donors (Lipinski definition) is 1. The monoisotopic (exact) mass is 448 g/mol. The molecule has 0 saturated carbocycles. The van der Waals surface area contributed by atoms with Crippen molar-refractivity contribution in [2.45, 2.75) is 39.7 Å². The van der Waals surface area contributed by atoms with E-state index < -0.39 is 0 Å². The number of methoxy groups -OCH3 is 2. The van der Waals surface area contributed by atoms with E-state index in [1.54, 1.807) is 32.4 Å². The van der Waals surface area contributed by atoms with Crippen LogP contribution in [0.5, 0.6) is 17.2 Å². The molecule has 2 N–H and O–H groups in total. The molecule has 0 aliphatic heterocycles. The molecule has 6 nitrogen and oxygen atoms in total. The van der Waals surface area contributed by atoms with E-state index in [1.807, 2.05) is 12.1 Å². The number of halogens is 1. The summed E-state index contributed by atoms with van der Waals surface area (Å²) in [6, 6.07) is 8.72. The molecule has 0 atom stereocenters. The Morgan fingerprint density at radius 3 is 2.23 bits per heavy atom. The van der Waals surface area contributed by atoms with Crippen LogP contribution in [0.1, 0.15) is 49.0 Å². The molecule has 0 spiro atoms. The molecule has 0 bridgehead atoms. The highest BCUT2D eigenvalue weighted by molar-refractivity contribution is 6.33. The fourth-order valence-electron chi connectivity index (χ4n) is 3.31. The normalized spacial score (nSPS) is 10.9. The summed E-state index contributed by atoms with van der Waals surface area (Å²) in [4.78, 5) is 15.2. The lowest BCUT2D eigenvalue weighted by Crippen LogP contribution is -2.24. The second kappa shape index (κ2) is 12.4. The first-order valence-corrected chi connectivity index (χ1v) is 11.0. The Morgan fingerprint density at radius 2 is 1.65 bits per heavy atom. The van der Waals surface area contributed by atoms with Gasteiger partial charge in [0, 0.05) is 18.6 Å². The molecule has 2 rings (SSSR count). The molecule has 7 heteroatoms. The summed E-state index contributed by atoms with van der Waals surface area (Å²) in [5, 5.41) is 0.349. The number of nitrogen functional groups attached to an aromatic ring is 1. The van der Waals surface area contributed by atoms with Crippen LogP contribution in [0.3, 0.4) is 0 Å². The van der Waals surface area contributed by atoms with Gasteiger partial charge in [0.15, 0.2) is 5.78 Å². The van der Waals surface area contributed by atoms with E-state index >= 15 is 0 Å². The van der Waals surface area contributed by atoms with Crippen molar-refractivity contribution in [1.29, 1.82) is 0 Å². The van der Waals surface area contributed by atoms with Gasteiger partial charge in [-0.25, -0.2) is 0 Å². The number of rotatable bonds is 13. The minimum absolute atomic E-state index is 0.000306. The molecule has 0 saturated heterocycles. The second-order valence-corrected chi connectivity index (χ2v) is 7.69. The fourth-order valence-corrected chi connectivity index (χ4v) is 3.48. The number of ketones is 1. The summed E-state index contributed by atoms with van der Waals surface area (Å²) < 4.78 is 16.6. The summed E-state index contributed by atoms with van der Waals surface area (Å²) in [6.07, 6.45) is 2.21. The predicted octanol–water partition coefficient (Wildman–Crippen LogP) is 5.21. The van der Waals surface area contributed by atoms with Gasteiger partial charge in [0.25, 0.3) is 0 Å². The van der Waals surface area contributed by atoms with Crippen molar-refractivity contribution >= 4 is 23.1 Å². The van der Waals surface area contributed by atoms with Crippen molar-refractivity contribution in [2.24, 2.45) is 0 Å². The summed E-state index contributed by atoms with van der Waals surface area (Å²) in [5.41, 5.74) is 7.64. The largest absolute Gasteiger partial charge is 0.497 e. The Morgan fingerprint density at radius 1 is 1.00 bits per heavy atom. The van der Waals surface area contributed by atoms with Gasteiger partial charge in [-0.05, 0) is 56.2 Å². The summed E-state index contributed by atoms with van der Waals surface area (Å²) in [7, 11) is 3.19. The van der Waals surface area contributed by atoms with E-state index in [-0.39, 0.29) is 12.4 Å². The Hall–Kier alpha value is -2.44. The van der Waals surface area contributed by atoms with E-state index in [1.165, 1.54) is 0 Å². The fraction of sp³-hybridized carbons (Fsp3) is 0.458. The number of carbonyl (C=O) groups excluding carboxylic acids is 1. The zero-order valence-corrected chi connectivity index (χ0v) is 19.6. The topological polar surface area (TPSA) is 74.0 Å². The number of nitrogens with two attached hydrogens (primary N) is 1. The molecule has 2 aromatic carbocycles. The number of benzene rings is 2. The van der Waals surface area contributed by atoms with Gasteiger partial charge >= 0.3 is 0 Å². The van der Waals surface area contributed by atoms with Gasteiger partial charge in [0.05, 0.1) is 30.5 Å². The van der Waals surface area contributed by atoms with Crippen molar-refractivity contribution in [3.8, 4) is 17.2 Å². The average molecular weight is 449 g/mol. The molecule has 0 radical (unpaired) electrons. The maximum absolute atomic E-state index is 12.9. The molecule has 0 fully saturated rings. The first-order valence-electron chi connectivity index (χ1n) is 10.6. The van der Waals surface area contributed by atoms with Crippen molar-refractivity contribution in [1.82, 2.24) is 4.90 Å². The van der Waals surface area contributed by atoms with E-state index in [0.29, 0.717) is 39.9 Å². The number of anilines is 1. The zero-order chi connectivity index (χ0) is 22.8. The van der Waals surface area contributed by atoms with Crippen LogP contribution in [0.15, 0.2) is 30.3 Å². The van der Waals surface area contributed by atoms with Gasteiger partial charge in [0.1, 0.15) is 23.9 Å². The van der Waals surface area contributed by atoms with Gasteiger partial charge in [-0.2, -0.15) is 0 Å². The minimum atomic E-state index is -0.000306. The maximum atomic E-state index is 12.9. The minimum Gasteiger partial charge on any atom is -0.497 e. The van der Waals surface area contributed by atoms with Gasteiger partial charge in [-0.3, -0.25) is 4.79 Å². The van der Waals surface area contributed by atoms with Crippen LogP contribution < -0.4 is 19.9 Å².